The summed E-state index contributed by atoms with van der Waals surface area (Å²) in [7, 11) is 0. The normalized spacial score (nSPS) is 15.8. The number of nitrogens with zero attached hydrogens (tertiary/aromatic N) is 3. The zero-order valence-corrected chi connectivity index (χ0v) is 15.1. The number of carbonyl (C=O) groups is 1. The first-order chi connectivity index (χ1) is 11.9. The van der Waals surface area contributed by atoms with E-state index in [0.29, 0.717) is 30.5 Å². The zero-order chi connectivity index (χ0) is 18.0. The predicted molar refractivity (Wildman–Crippen MR) is 92.1 cm³/mol. The van der Waals surface area contributed by atoms with Crippen molar-refractivity contribution in [3.63, 3.8) is 0 Å². The van der Waals surface area contributed by atoms with Crippen LogP contribution in [0.15, 0.2) is 22.7 Å². The summed E-state index contributed by atoms with van der Waals surface area (Å²) in [5.41, 5.74) is 0.420. The molecule has 0 bridgehead atoms. The van der Waals surface area contributed by atoms with Crippen LogP contribution < -0.4 is 0 Å². The van der Waals surface area contributed by atoms with Gasteiger partial charge < -0.3 is 9.42 Å². The topological polar surface area (TPSA) is 59.2 Å². The Morgan fingerprint density at radius 3 is 2.72 bits per heavy atom. The van der Waals surface area contributed by atoms with Crippen molar-refractivity contribution in [1.29, 1.82) is 0 Å². The van der Waals surface area contributed by atoms with Gasteiger partial charge in [0.25, 0.3) is 5.91 Å². The first kappa shape index (κ1) is 17.9. The molecule has 0 unspecified atom stereocenters. The number of halogens is 2. The maximum Gasteiger partial charge on any atom is 0.253 e. The quantitative estimate of drug-likeness (QED) is 0.819. The van der Waals surface area contributed by atoms with Crippen molar-refractivity contribution in [2.24, 2.45) is 5.92 Å². The van der Waals surface area contributed by atoms with Gasteiger partial charge in [-0.15, -0.1) is 0 Å². The van der Waals surface area contributed by atoms with Gasteiger partial charge in [-0.2, -0.15) is 4.98 Å². The fraction of sp³-hybridized carbons (Fsp3) is 0.500. The summed E-state index contributed by atoms with van der Waals surface area (Å²) in [5, 5.41) is 3.96. The Morgan fingerprint density at radius 1 is 1.40 bits per heavy atom. The lowest BCUT2D eigenvalue weighted by Crippen LogP contribution is -2.39. The summed E-state index contributed by atoms with van der Waals surface area (Å²) < 4.78 is 18.5. The lowest BCUT2D eigenvalue weighted by molar-refractivity contribution is 0.0687. The lowest BCUT2D eigenvalue weighted by Gasteiger charge is -2.31. The monoisotopic (exact) mass is 365 g/mol. The van der Waals surface area contributed by atoms with Crippen molar-refractivity contribution in [3.05, 3.63) is 46.3 Å². The first-order valence-electron chi connectivity index (χ1n) is 8.51. The molecule has 134 valence electrons. The van der Waals surface area contributed by atoms with E-state index >= 15 is 0 Å². The molecule has 0 spiro atoms. The molecule has 0 aliphatic carbocycles. The van der Waals surface area contributed by atoms with Crippen LogP contribution in [0, 0.1) is 11.7 Å². The minimum atomic E-state index is -0.516. The molecule has 0 saturated carbocycles. The minimum absolute atomic E-state index is 0.0295. The molecule has 2 heterocycles. The van der Waals surface area contributed by atoms with E-state index in [-0.39, 0.29) is 16.8 Å². The highest BCUT2D eigenvalue weighted by atomic mass is 35.5. The SMILES string of the molecule is CC(C)c1noc(CC2CCN(C(=O)c3ccc(F)c(Cl)c3)CC2)n1. The highest BCUT2D eigenvalue weighted by Gasteiger charge is 2.25. The zero-order valence-electron chi connectivity index (χ0n) is 14.3. The number of rotatable bonds is 4. The molecular weight excluding hydrogens is 345 g/mol. The molecular formula is C18H21ClFN3O2. The van der Waals surface area contributed by atoms with Gasteiger partial charge in [-0.1, -0.05) is 30.6 Å². The average Bonchev–Trinajstić information content (AvgIpc) is 3.06. The van der Waals surface area contributed by atoms with E-state index in [0.717, 1.165) is 25.1 Å². The Kier molecular flexibility index (Phi) is 5.37. The third kappa shape index (κ3) is 4.18. The van der Waals surface area contributed by atoms with Gasteiger partial charge in [-0.3, -0.25) is 4.79 Å². The van der Waals surface area contributed by atoms with Crippen LogP contribution in [0.1, 0.15) is 54.7 Å². The van der Waals surface area contributed by atoms with Crippen molar-refractivity contribution >= 4 is 17.5 Å². The fourth-order valence-corrected chi connectivity index (χ4v) is 3.16. The maximum atomic E-state index is 13.2. The second-order valence-electron chi connectivity index (χ2n) is 6.77. The van der Waals surface area contributed by atoms with Gasteiger partial charge in [-0.05, 0) is 37.0 Å². The van der Waals surface area contributed by atoms with Crippen LogP contribution in [0.4, 0.5) is 4.39 Å². The number of piperidine rings is 1. The molecule has 2 aromatic rings. The number of carbonyl (C=O) groups excluding carboxylic acids is 1. The highest BCUT2D eigenvalue weighted by Crippen LogP contribution is 2.24. The van der Waals surface area contributed by atoms with Crippen LogP contribution in [-0.2, 0) is 6.42 Å². The molecule has 5 nitrogen and oxygen atoms in total. The Hall–Kier alpha value is -1.95. The second-order valence-corrected chi connectivity index (χ2v) is 7.18. The predicted octanol–water partition coefficient (Wildman–Crippen LogP) is 4.08. The smallest absolute Gasteiger partial charge is 0.253 e. The van der Waals surface area contributed by atoms with E-state index in [2.05, 4.69) is 10.1 Å². The van der Waals surface area contributed by atoms with Gasteiger partial charge in [0.2, 0.25) is 5.89 Å². The van der Waals surface area contributed by atoms with Crippen molar-refractivity contribution in [2.75, 3.05) is 13.1 Å². The summed E-state index contributed by atoms with van der Waals surface area (Å²) >= 11 is 5.77. The van der Waals surface area contributed by atoms with Gasteiger partial charge >= 0.3 is 0 Å². The standard InChI is InChI=1S/C18H21ClFN3O2/c1-11(2)17-21-16(25-22-17)9-12-5-7-23(8-6-12)18(24)13-3-4-15(20)14(19)10-13/h3-4,10-12H,5-9H2,1-2H3. The lowest BCUT2D eigenvalue weighted by atomic mass is 9.93. The Morgan fingerprint density at radius 2 is 2.12 bits per heavy atom. The number of likely N-dealkylation sites (tertiary alicyclic amines) is 1. The molecule has 0 N–H and O–H groups in total. The van der Waals surface area contributed by atoms with E-state index in [1.54, 1.807) is 4.90 Å². The van der Waals surface area contributed by atoms with Crippen LogP contribution >= 0.6 is 11.6 Å². The number of hydrogen-bond donors (Lipinski definition) is 0. The number of benzene rings is 1. The van der Waals surface area contributed by atoms with Gasteiger partial charge in [0.1, 0.15) is 5.82 Å². The van der Waals surface area contributed by atoms with Gasteiger partial charge in [0.15, 0.2) is 5.82 Å². The van der Waals surface area contributed by atoms with Gasteiger partial charge in [0.05, 0.1) is 5.02 Å². The molecule has 1 aromatic heterocycles. The summed E-state index contributed by atoms with van der Waals surface area (Å²) in [6, 6.07) is 4.09. The average molecular weight is 366 g/mol. The summed E-state index contributed by atoms with van der Waals surface area (Å²) in [5.74, 6) is 1.44. The molecule has 1 aliphatic heterocycles. The highest BCUT2D eigenvalue weighted by molar-refractivity contribution is 6.31. The molecule has 1 aliphatic rings. The van der Waals surface area contributed by atoms with E-state index in [1.807, 2.05) is 13.8 Å². The van der Waals surface area contributed by atoms with E-state index in [9.17, 15) is 9.18 Å². The first-order valence-corrected chi connectivity index (χ1v) is 8.88. The molecule has 3 rings (SSSR count). The number of aromatic nitrogens is 2. The molecule has 0 atom stereocenters. The van der Waals surface area contributed by atoms with Crippen LogP contribution in [-0.4, -0.2) is 34.0 Å². The molecule has 7 heteroatoms. The molecule has 1 fully saturated rings. The van der Waals surface area contributed by atoms with Gasteiger partial charge in [-0.25, -0.2) is 4.39 Å². The Balaban J connectivity index is 1.55. The minimum Gasteiger partial charge on any atom is -0.339 e. The van der Waals surface area contributed by atoms with Crippen molar-refractivity contribution in [1.82, 2.24) is 15.0 Å². The maximum absolute atomic E-state index is 13.2. The van der Waals surface area contributed by atoms with Crippen molar-refractivity contribution in [3.8, 4) is 0 Å². The fourth-order valence-electron chi connectivity index (χ4n) is 2.98. The number of hydrogen-bond acceptors (Lipinski definition) is 4. The molecule has 0 radical (unpaired) electrons. The summed E-state index contributed by atoms with van der Waals surface area (Å²) in [4.78, 5) is 18.7. The molecule has 1 amide bonds. The van der Waals surface area contributed by atoms with Crippen LogP contribution in [0.5, 0.6) is 0 Å². The molecule has 1 aromatic carbocycles. The van der Waals surface area contributed by atoms with E-state index in [4.69, 9.17) is 16.1 Å². The summed E-state index contributed by atoms with van der Waals surface area (Å²) in [6.07, 6.45) is 2.49. The largest absolute Gasteiger partial charge is 0.339 e. The Labute approximate surface area is 151 Å². The second kappa shape index (κ2) is 7.52. The Bertz CT molecular complexity index is 755. The van der Waals surface area contributed by atoms with Crippen LogP contribution in [0.3, 0.4) is 0 Å². The third-order valence-electron chi connectivity index (χ3n) is 4.53. The van der Waals surface area contributed by atoms with E-state index in [1.165, 1.54) is 18.2 Å². The van der Waals surface area contributed by atoms with Crippen LogP contribution in [0.2, 0.25) is 5.02 Å². The summed E-state index contributed by atoms with van der Waals surface area (Å²) in [6.45, 7) is 5.37. The van der Waals surface area contributed by atoms with Crippen molar-refractivity contribution in [2.45, 2.75) is 39.0 Å². The molecule has 1 saturated heterocycles. The third-order valence-corrected chi connectivity index (χ3v) is 4.82. The van der Waals surface area contributed by atoms with Crippen LogP contribution in [0.25, 0.3) is 0 Å². The molecule has 25 heavy (non-hydrogen) atoms. The number of amides is 1. The van der Waals surface area contributed by atoms with Crippen molar-refractivity contribution < 1.29 is 13.7 Å². The van der Waals surface area contributed by atoms with E-state index < -0.39 is 5.82 Å². The van der Waals surface area contributed by atoms with Gasteiger partial charge in [0, 0.05) is 31.0 Å².